The van der Waals surface area contributed by atoms with Gasteiger partial charge in [0.25, 0.3) is 5.69 Å². The van der Waals surface area contributed by atoms with E-state index in [1.807, 2.05) is 0 Å². The van der Waals surface area contributed by atoms with Crippen LogP contribution in [0.1, 0.15) is 0 Å². The summed E-state index contributed by atoms with van der Waals surface area (Å²) in [5.74, 6) is 0.584. The summed E-state index contributed by atoms with van der Waals surface area (Å²) in [6.07, 6.45) is 0. The van der Waals surface area contributed by atoms with E-state index in [9.17, 15) is 14.5 Å². The molecule has 1 aromatic carbocycles. The van der Waals surface area contributed by atoms with Gasteiger partial charge in [0, 0.05) is 30.9 Å². The second-order valence-corrected chi connectivity index (χ2v) is 4.61. The number of anilines is 1. The predicted octanol–water partition coefficient (Wildman–Crippen LogP) is 1.36. The van der Waals surface area contributed by atoms with Crippen LogP contribution in [0.3, 0.4) is 0 Å². The minimum Gasteiger partial charge on any atom is -0.381 e. The molecule has 2 unspecified atom stereocenters. The normalized spacial score (nSPS) is 29.8. The molecule has 0 amide bonds. The van der Waals surface area contributed by atoms with Crippen molar-refractivity contribution in [2.45, 2.75) is 6.04 Å². The van der Waals surface area contributed by atoms with Crippen molar-refractivity contribution in [2.24, 2.45) is 11.8 Å². The summed E-state index contributed by atoms with van der Waals surface area (Å²) in [4.78, 5) is 10.0. The van der Waals surface area contributed by atoms with E-state index in [2.05, 4.69) is 10.6 Å². The first-order chi connectivity index (χ1) is 8.15. The SMILES string of the molecule is O=[N+]([O-])c1cc(F)cc(NC2C3CNCC32)c1. The largest absolute Gasteiger partial charge is 0.381 e. The second kappa shape index (κ2) is 3.66. The van der Waals surface area contributed by atoms with Gasteiger partial charge in [-0.25, -0.2) is 4.39 Å². The molecule has 0 radical (unpaired) electrons. The van der Waals surface area contributed by atoms with Crippen molar-refractivity contribution in [2.75, 3.05) is 18.4 Å². The van der Waals surface area contributed by atoms with Crippen LogP contribution in [0.15, 0.2) is 18.2 Å². The van der Waals surface area contributed by atoms with Crippen LogP contribution in [0.25, 0.3) is 0 Å². The van der Waals surface area contributed by atoms with Crippen LogP contribution in [0.5, 0.6) is 0 Å². The number of nitrogens with zero attached hydrogens (tertiary/aromatic N) is 1. The maximum absolute atomic E-state index is 13.2. The zero-order chi connectivity index (χ0) is 12.0. The van der Waals surface area contributed by atoms with Gasteiger partial charge in [0.05, 0.1) is 11.0 Å². The van der Waals surface area contributed by atoms with E-state index in [1.165, 1.54) is 12.1 Å². The van der Waals surface area contributed by atoms with E-state index in [1.54, 1.807) is 0 Å². The van der Waals surface area contributed by atoms with Crippen molar-refractivity contribution >= 4 is 11.4 Å². The Morgan fingerprint density at radius 2 is 2.06 bits per heavy atom. The third-order valence-corrected chi connectivity index (χ3v) is 3.52. The van der Waals surface area contributed by atoms with Crippen molar-refractivity contribution in [1.82, 2.24) is 5.32 Å². The summed E-state index contributed by atoms with van der Waals surface area (Å²) in [6.45, 7) is 1.94. The Labute approximate surface area is 97.2 Å². The number of hydrogen-bond acceptors (Lipinski definition) is 4. The summed E-state index contributed by atoms with van der Waals surface area (Å²) in [5, 5.41) is 17.0. The molecule has 3 rings (SSSR count). The third kappa shape index (κ3) is 1.84. The lowest BCUT2D eigenvalue weighted by Gasteiger charge is -2.08. The summed E-state index contributed by atoms with van der Waals surface area (Å²) in [5.41, 5.74) is 0.285. The number of non-ortho nitro benzene ring substituents is 1. The van der Waals surface area contributed by atoms with Crippen molar-refractivity contribution in [3.63, 3.8) is 0 Å². The zero-order valence-electron chi connectivity index (χ0n) is 9.02. The van der Waals surface area contributed by atoms with Gasteiger partial charge in [0.2, 0.25) is 0 Å². The smallest absolute Gasteiger partial charge is 0.274 e. The van der Waals surface area contributed by atoms with E-state index in [0.29, 0.717) is 23.6 Å². The maximum atomic E-state index is 13.2. The average Bonchev–Trinajstić information content (AvgIpc) is 2.74. The van der Waals surface area contributed by atoms with Crippen molar-refractivity contribution in [3.8, 4) is 0 Å². The molecule has 0 aromatic heterocycles. The minimum atomic E-state index is -0.580. The molecule has 1 aromatic rings. The topological polar surface area (TPSA) is 67.2 Å². The van der Waals surface area contributed by atoms with E-state index >= 15 is 0 Å². The number of piperidine rings is 1. The molecule has 0 bridgehead atoms. The summed E-state index contributed by atoms with van der Waals surface area (Å²) in [6, 6.07) is 3.94. The average molecular weight is 237 g/mol. The number of nitrogens with one attached hydrogen (secondary N) is 2. The van der Waals surface area contributed by atoms with Gasteiger partial charge < -0.3 is 10.6 Å². The Hall–Kier alpha value is -1.69. The lowest BCUT2D eigenvalue weighted by Crippen LogP contribution is -2.21. The Balaban J connectivity index is 1.76. The summed E-state index contributed by atoms with van der Waals surface area (Å²) >= 11 is 0. The summed E-state index contributed by atoms with van der Waals surface area (Å²) in [7, 11) is 0. The first-order valence-corrected chi connectivity index (χ1v) is 5.57. The molecule has 2 atom stereocenters. The number of nitro groups is 1. The fraction of sp³-hybridized carbons (Fsp3) is 0.455. The minimum absolute atomic E-state index is 0.212. The van der Waals surface area contributed by atoms with Gasteiger partial charge in [-0.2, -0.15) is 0 Å². The quantitative estimate of drug-likeness (QED) is 0.615. The highest BCUT2D eigenvalue weighted by molar-refractivity contribution is 5.53. The van der Waals surface area contributed by atoms with Crippen LogP contribution >= 0.6 is 0 Å². The van der Waals surface area contributed by atoms with Gasteiger partial charge in [0.15, 0.2) is 0 Å². The van der Waals surface area contributed by atoms with E-state index in [0.717, 1.165) is 19.2 Å². The number of rotatable bonds is 3. The number of hydrogen-bond donors (Lipinski definition) is 2. The Kier molecular flexibility index (Phi) is 2.25. The molecule has 1 aliphatic heterocycles. The van der Waals surface area contributed by atoms with Gasteiger partial charge in [-0.15, -0.1) is 0 Å². The Morgan fingerprint density at radius 1 is 1.35 bits per heavy atom. The molecule has 90 valence electrons. The molecule has 5 nitrogen and oxygen atoms in total. The standard InChI is InChI=1S/C11H12FN3O2/c12-6-1-7(3-8(2-6)15(16)17)14-11-9-4-13-5-10(9)11/h1-3,9-11,13-14H,4-5H2. The van der Waals surface area contributed by atoms with E-state index in [-0.39, 0.29) is 5.69 Å². The molecular formula is C11H12FN3O2. The molecule has 2 N–H and O–H groups in total. The predicted molar refractivity (Wildman–Crippen MR) is 60.3 cm³/mol. The van der Waals surface area contributed by atoms with Crippen LogP contribution in [0.2, 0.25) is 0 Å². The molecule has 1 heterocycles. The molecule has 6 heteroatoms. The number of benzene rings is 1. The molecule has 1 saturated heterocycles. The first kappa shape index (κ1) is 10.5. The molecular weight excluding hydrogens is 225 g/mol. The first-order valence-electron chi connectivity index (χ1n) is 5.57. The van der Waals surface area contributed by atoms with Gasteiger partial charge in [-0.1, -0.05) is 0 Å². The van der Waals surface area contributed by atoms with Crippen LogP contribution in [0, 0.1) is 27.8 Å². The lowest BCUT2D eigenvalue weighted by atomic mass is 10.2. The zero-order valence-corrected chi connectivity index (χ0v) is 9.02. The highest BCUT2D eigenvalue weighted by Gasteiger charge is 2.52. The van der Waals surface area contributed by atoms with Crippen molar-refractivity contribution < 1.29 is 9.31 Å². The van der Waals surface area contributed by atoms with Gasteiger partial charge in [-0.05, 0) is 17.9 Å². The monoisotopic (exact) mass is 237 g/mol. The lowest BCUT2D eigenvalue weighted by molar-refractivity contribution is -0.385. The van der Waals surface area contributed by atoms with Gasteiger partial charge in [-0.3, -0.25) is 10.1 Å². The van der Waals surface area contributed by atoms with Crippen molar-refractivity contribution in [1.29, 1.82) is 0 Å². The van der Waals surface area contributed by atoms with Crippen LogP contribution in [-0.4, -0.2) is 24.1 Å². The number of halogens is 1. The maximum Gasteiger partial charge on any atom is 0.274 e. The highest BCUT2D eigenvalue weighted by Crippen LogP contribution is 2.43. The third-order valence-electron chi connectivity index (χ3n) is 3.52. The fourth-order valence-corrected chi connectivity index (χ4v) is 2.59. The van der Waals surface area contributed by atoms with Crippen LogP contribution in [-0.2, 0) is 0 Å². The number of fused-ring (bicyclic) bond motifs is 1. The van der Waals surface area contributed by atoms with Gasteiger partial charge in [0.1, 0.15) is 5.82 Å². The molecule has 2 aliphatic rings. The molecule has 1 aliphatic carbocycles. The van der Waals surface area contributed by atoms with Crippen LogP contribution < -0.4 is 10.6 Å². The molecule has 2 fully saturated rings. The van der Waals surface area contributed by atoms with E-state index in [4.69, 9.17) is 0 Å². The number of nitro benzene ring substituents is 1. The summed E-state index contributed by atoms with van der Waals surface area (Å²) < 4.78 is 13.2. The van der Waals surface area contributed by atoms with E-state index < -0.39 is 10.7 Å². The Bertz CT molecular complexity index is 470. The van der Waals surface area contributed by atoms with Gasteiger partial charge >= 0.3 is 0 Å². The highest BCUT2D eigenvalue weighted by atomic mass is 19.1. The fourth-order valence-electron chi connectivity index (χ4n) is 2.59. The molecule has 1 saturated carbocycles. The second-order valence-electron chi connectivity index (χ2n) is 4.61. The molecule has 17 heavy (non-hydrogen) atoms. The molecule has 0 spiro atoms. The van der Waals surface area contributed by atoms with Crippen molar-refractivity contribution in [3.05, 3.63) is 34.1 Å². The Morgan fingerprint density at radius 3 is 2.71 bits per heavy atom. The van der Waals surface area contributed by atoms with Crippen LogP contribution in [0.4, 0.5) is 15.8 Å².